The monoisotopic (exact) mass is 186 g/mol. The number of hydrogen-bond acceptors (Lipinski definition) is 2. The van der Waals surface area contributed by atoms with Gasteiger partial charge in [0.05, 0.1) is 0 Å². The van der Waals surface area contributed by atoms with Gasteiger partial charge < -0.3 is 11.5 Å². The van der Waals surface area contributed by atoms with Crippen LogP contribution in [0.4, 0.5) is 0 Å². The highest BCUT2D eigenvalue weighted by atomic mass is 14.5. The smallest absolute Gasteiger partial charge is 0.00771 e. The van der Waals surface area contributed by atoms with E-state index in [1.54, 1.807) is 0 Å². The van der Waals surface area contributed by atoms with E-state index in [1.165, 1.54) is 25.7 Å². The van der Waals surface area contributed by atoms with E-state index in [4.69, 9.17) is 11.5 Å². The first-order valence-corrected chi connectivity index (χ1v) is 5.64. The van der Waals surface area contributed by atoms with Gasteiger partial charge in [0.2, 0.25) is 0 Å². The van der Waals surface area contributed by atoms with Crippen LogP contribution in [-0.2, 0) is 0 Å². The van der Waals surface area contributed by atoms with Crippen LogP contribution < -0.4 is 11.5 Å². The molecular formula is C11H26N2. The van der Waals surface area contributed by atoms with Crippen LogP contribution in [0, 0.1) is 5.41 Å². The van der Waals surface area contributed by atoms with Gasteiger partial charge in [-0.1, -0.05) is 26.7 Å². The molecule has 0 spiro atoms. The highest BCUT2D eigenvalue weighted by Crippen LogP contribution is 2.36. The van der Waals surface area contributed by atoms with Gasteiger partial charge in [-0.2, -0.15) is 0 Å². The first-order valence-electron chi connectivity index (χ1n) is 5.64. The molecule has 0 aromatic heterocycles. The van der Waals surface area contributed by atoms with E-state index >= 15 is 0 Å². The first kappa shape index (κ1) is 12.9. The Labute approximate surface area is 83.1 Å². The Morgan fingerprint density at radius 2 is 1.23 bits per heavy atom. The zero-order valence-electron chi connectivity index (χ0n) is 9.31. The minimum Gasteiger partial charge on any atom is -0.330 e. The van der Waals surface area contributed by atoms with E-state index in [2.05, 4.69) is 13.8 Å². The second kappa shape index (κ2) is 7.34. The molecule has 0 aliphatic rings. The Balaban J connectivity index is 3.97. The van der Waals surface area contributed by atoms with E-state index in [1.807, 2.05) is 0 Å². The van der Waals surface area contributed by atoms with Gasteiger partial charge in [-0.05, 0) is 44.2 Å². The molecule has 0 aliphatic heterocycles. The van der Waals surface area contributed by atoms with Crippen LogP contribution in [-0.4, -0.2) is 13.1 Å². The average Bonchev–Trinajstić information content (AvgIpc) is 2.20. The largest absolute Gasteiger partial charge is 0.330 e. The lowest BCUT2D eigenvalue weighted by Crippen LogP contribution is -2.21. The molecule has 4 N–H and O–H groups in total. The summed E-state index contributed by atoms with van der Waals surface area (Å²) in [6.07, 6.45) is 7.40. The molecule has 0 aromatic carbocycles. The van der Waals surface area contributed by atoms with Crippen molar-refractivity contribution in [3.05, 3.63) is 0 Å². The zero-order chi connectivity index (χ0) is 10.2. The Kier molecular flexibility index (Phi) is 7.29. The maximum Gasteiger partial charge on any atom is -0.00771 e. The molecule has 0 saturated carbocycles. The van der Waals surface area contributed by atoms with Gasteiger partial charge in [0.15, 0.2) is 0 Å². The van der Waals surface area contributed by atoms with Gasteiger partial charge in [0, 0.05) is 0 Å². The lowest BCUT2D eigenvalue weighted by molar-refractivity contribution is 0.210. The highest BCUT2D eigenvalue weighted by Gasteiger charge is 2.24. The summed E-state index contributed by atoms with van der Waals surface area (Å²) in [5.41, 5.74) is 11.6. The molecule has 0 atom stereocenters. The van der Waals surface area contributed by atoms with Crippen LogP contribution in [0.2, 0.25) is 0 Å². The topological polar surface area (TPSA) is 52.0 Å². The van der Waals surface area contributed by atoms with E-state index < -0.39 is 0 Å². The molecular weight excluding hydrogens is 160 g/mol. The number of hydrogen-bond donors (Lipinski definition) is 2. The van der Waals surface area contributed by atoms with Crippen molar-refractivity contribution in [3.63, 3.8) is 0 Å². The lowest BCUT2D eigenvalue weighted by atomic mass is 9.74. The Morgan fingerprint density at radius 3 is 1.46 bits per heavy atom. The quantitative estimate of drug-likeness (QED) is 0.611. The zero-order valence-corrected chi connectivity index (χ0v) is 9.31. The summed E-state index contributed by atoms with van der Waals surface area (Å²) >= 11 is 0. The van der Waals surface area contributed by atoms with Crippen molar-refractivity contribution in [2.75, 3.05) is 13.1 Å². The fourth-order valence-electron chi connectivity index (χ4n) is 2.04. The second-order valence-corrected chi connectivity index (χ2v) is 3.99. The molecule has 0 radical (unpaired) electrons. The summed E-state index contributed by atoms with van der Waals surface area (Å²) in [6.45, 7) is 6.22. The Morgan fingerprint density at radius 1 is 0.846 bits per heavy atom. The molecule has 0 aromatic rings. The van der Waals surface area contributed by atoms with E-state index in [0.717, 1.165) is 25.9 Å². The molecule has 0 saturated heterocycles. The second-order valence-electron chi connectivity index (χ2n) is 3.99. The van der Waals surface area contributed by atoms with Crippen molar-refractivity contribution >= 4 is 0 Å². The van der Waals surface area contributed by atoms with Crippen LogP contribution in [0.25, 0.3) is 0 Å². The summed E-state index contributed by atoms with van der Waals surface area (Å²) in [7, 11) is 0. The third-order valence-electron chi connectivity index (χ3n) is 3.32. The molecule has 0 heterocycles. The average molecular weight is 186 g/mol. The predicted molar refractivity (Wildman–Crippen MR) is 59.6 cm³/mol. The third kappa shape index (κ3) is 4.63. The Bertz CT molecular complexity index is 98.7. The van der Waals surface area contributed by atoms with Gasteiger partial charge >= 0.3 is 0 Å². The van der Waals surface area contributed by atoms with Crippen LogP contribution >= 0.6 is 0 Å². The third-order valence-corrected chi connectivity index (χ3v) is 3.32. The van der Waals surface area contributed by atoms with Crippen molar-refractivity contribution in [1.82, 2.24) is 0 Å². The summed E-state index contributed by atoms with van der Waals surface area (Å²) in [4.78, 5) is 0. The fraction of sp³-hybridized carbons (Fsp3) is 1.00. The molecule has 0 bridgehead atoms. The molecule has 0 rings (SSSR count). The van der Waals surface area contributed by atoms with E-state index in [0.29, 0.717) is 5.41 Å². The number of rotatable bonds is 8. The first-order chi connectivity index (χ1) is 6.24. The van der Waals surface area contributed by atoms with Gasteiger partial charge in [0.1, 0.15) is 0 Å². The number of nitrogens with two attached hydrogens (primary N) is 2. The standard InChI is InChI=1S/C11H26N2/c1-3-11(4-2,7-5-9-12)8-6-10-13/h3-10,12-13H2,1-2H3. The molecule has 0 unspecified atom stereocenters. The van der Waals surface area contributed by atoms with Crippen LogP contribution in [0.1, 0.15) is 52.4 Å². The Hall–Kier alpha value is -0.0800. The van der Waals surface area contributed by atoms with Crippen LogP contribution in [0.3, 0.4) is 0 Å². The summed E-state index contributed by atoms with van der Waals surface area (Å²) in [5.74, 6) is 0. The maximum atomic E-state index is 5.55. The van der Waals surface area contributed by atoms with E-state index in [-0.39, 0.29) is 0 Å². The molecule has 2 heteroatoms. The van der Waals surface area contributed by atoms with Crippen molar-refractivity contribution in [2.24, 2.45) is 16.9 Å². The fourth-order valence-corrected chi connectivity index (χ4v) is 2.04. The predicted octanol–water partition coefficient (Wildman–Crippen LogP) is 2.27. The van der Waals surface area contributed by atoms with Crippen molar-refractivity contribution in [3.8, 4) is 0 Å². The van der Waals surface area contributed by atoms with Crippen molar-refractivity contribution in [1.29, 1.82) is 0 Å². The molecule has 0 fully saturated rings. The van der Waals surface area contributed by atoms with Gasteiger partial charge in [-0.15, -0.1) is 0 Å². The molecule has 0 aliphatic carbocycles. The maximum absolute atomic E-state index is 5.55. The SMILES string of the molecule is CCC(CC)(CCCN)CCCN. The molecule has 80 valence electrons. The molecule has 2 nitrogen and oxygen atoms in total. The summed E-state index contributed by atoms with van der Waals surface area (Å²) in [5, 5.41) is 0. The minimum atomic E-state index is 0.527. The van der Waals surface area contributed by atoms with E-state index in [9.17, 15) is 0 Å². The van der Waals surface area contributed by atoms with Gasteiger partial charge in [-0.25, -0.2) is 0 Å². The lowest BCUT2D eigenvalue weighted by Gasteiger charge is -2.31. The van der Waals surface area contributed by atoms with Crippen molar-refractivity contribution in [2.45, 2.75) is 52.4 Å². The molecule has 0 amide bonds. The van der Waals surface area contributed by atoms with Crippen LogP contribution in [0.5, 0.6) is 0 Å². The molecule has 13 heavy (non-hydrogen) atoms. The minimum absolute atomic E-state index is 0.527. The van der Waals surface area contributed by atoms with Crippen LogP contribution in [0.15, 0.2) is 0 Å². The van der Waals surface area contributed by atoms with Gasteiger partial charge in [-0.3, -0.25) is 0 Å². The van der Waals surface area contributed by atoms with Gasteiger partial charge in [0.25, 0.3) is 0 Å². The summed E-state index contributed by atoms with van der Waals surface area (Å²) < 4.78 is 0. The van der Waals surface area contributed by atoms with Crippen molar-refractivity contribution < 1.29 is 0 Å². The normalized spacial score (nSPS) is 12.0. The summed E-state index contributed by atoms with van der Waals surface area (Å²) in [6, 6.07) is 0. The highest BCUT2D eigenvalue weighted by molar-refractivity contribution is 4.76.